The van der Waals surface area contributed by atoms with Crippen molar-refractivity contribution in [1.82, 2.24) is 14.7 Å². The van der Waals surface area contributed by atoms with E-state index in [-0.39, 0.29) is 0 Å². The summed E-state index contributed by atoms with van der Waals surface area (Å²) in [6.07, 6.45) is 3.40. The van der Waals surface area contributed by atoms with Crippen LogP contribution in [-0.2, 0) is 6.54 Å². The second-order valence-electron chi connectivity index (χ2n) is 5.92. The van der Waals surface area contributed by atoms with Crippen LogP contribution >= 0.6 is 0 Å². The topological polar surface area (TPSA) is 50.3 Å². The van der Waals surface area contributed by atoms with Crippen molar-refractivity contribution in [3.8, 4) is 0 Å². The van der Waals surface area contributed by atoms with Crippen LogP contribution in [0.15, 0.2) is 0 Å². The number of rotatable bonds is 4. The number of hydrogen-bond acceptors (Lipinski definition) is 4. The lowest BCUT2D eigenvalue weighted by molar-refractivity contribution is 0.327. The third kappa shape index (κ3) is 2.92. The Hall–Kier alpha value is -1.23. The van der Waals surface area contributed by atoms with E-state index in [9.17, 15) is 0 Å². The van der Waals surface area contributed by atoms with Crippen molar-refractivity contribution in [1.29, 1.82) is 0 Å². The monoisotopic (exact) mass is 279 g/mol. The molecule has 1 aliphatic rings. The third-order valence-corrected chi connectivity index (χ3v) is 4.23. The SMILES string of the molecule is CCCn1nc(C)c(N)c1N1CCCN(C)CC1CC. The zero-order chi connectivity index (χ0) is 14.7. The van der Waals surface area contributed by atoms with Crippen LogP contribution < -0.4 is 10.6 Å². The van der Waals surface area contributed by atoms with Gasteiger partial charge in [0.05, 0.1) is 11.4 Å². The molecule has 114 valence electrons. The Balaban J connectivity index is 2.36. The molecule has 2 N–H and O–H groups in total. The van der Waals surface area contributed by atoms with Gasteiger partial charge in [0, 0.05) is 25.7 Å². The Morgan fingerprint density at radius 2 is 2.05 bits per heavy atom. The van der Waals surface area contributed by atoms with Crippen molar-refractivity contribution in [2.24, 2.45) is 0 Å². The van der Waals surface area contributed by atoms with Crippen LogP contribution in [0.1, 0.15) is 38.8 Å². The molecule has 1 atom stereocenters. The lowest BCUT2D eigenvalue weighted by atomic mass is 10.1. The first-order valence-electron chi connectivity index (χ1n) is 7.86. The summed E-state index contributed by atoms with van der Waals surface area (Å²) in [5.74, 6) is 1.14. The Morgan fingerprint density at radius 3 is 2.70 bits per heavy atom. The van der Waals surface area contributed by atoms with E-state index >= 15 is 0 Å². The largest absolute Gasteiger partial charge is 0.394 e. The minimum Gasteiger partial charge on any atom is -0.394 e. The molecule has 1 unspecified atom stereocenters. The minimum atomic E-state index is 0.525. The quantitative estimate of drug-likeness (QED) is 0.917. The number of aryl methyl sites for hydroxylation is 2. The van der Waals surface area contributed by atoms with E-state index in [0.29, 0.717) is 6.04 Å². The molecule has 1 fully saturated rings. The number of nitrogens with two attached hydrogens (primary N) is 1. The first-order valence-corrected chi connectivity index (χ1v) is 7.86. The Kier molecular flexibility index (Phi) is 4.91. The van der Waals surface area contributed by atoms with Crippen molar-refractivity contribution < 1.29 is 0 Å². The zero-order valence-corrected chi connectivity index (χ0v) is 13.4. The normalized spacial score (nSPS) is 21.2. The molecule has 0 aliphatic carbocycles. The van der Waals surface area contributed by atoms with Gasteiger partial charge in [-0.05, 0) is 39.8 Å². The molecule has 0 spiro atoms. The van der Waals surface area contributed by atoms with Crippen LogP contribution in [-0.4, -0.2) is 47.4 Å². The molecule has 2 heterocycles. The van der Waals surface area contributed by atoms with Crippen molar-refractivity contribution >= 4 is 11.5 Å². The number of anilines is 2. The summed E-state index contributed by atoms with van der Waals surface area (Å²) in [7, 11) is 2.21. The van der Waals surface area contributed by atoms with Crippen LogP contribution in [0.3, 0.4) is 0 Å². The van der Waals surface area contributed by atoms with Crippen molar-refractivity contribution in [3.63, 3.8) is 0 Å². The van der Waals surface area contributed by atoms with Gasteiger partial charge in [-0.3, -0.25) is 0 Å². The first kappa shape index (κ1) is 15.2. The summed E-state index contributed by atoms with van der Waals surface area (Å²) >= 11 is 0. The number of aromatic nitrogens is 2. The Bertz CT molecular complexity index is 440. The highest BCUT2D eigenvalue weighted by Crippen LogP contribution is 2.30. The van der Waals surface area contributed by atoms with Gasteiger partial charge in [0.2, 0.25) is 0 Å². The molecular formula is C15H29N5. The molecule has 1 saturated heterocycles. The summed E-state index contributed by atoms with van der Waals surface area (Å²) in [6, 6.07) is 0.525. The molecule has 2 rings (SSSR count). The maximum Gasteiger partial charge on any atom is 0.150 e. The number of hydrogen-bond donors (Lipinski definition) is 1. The average molecular weight is 279 g/mol. The van der Waals surface area contributed by atoms with E-state index in [4.69, 9.17) is 5.73 Å². The van der Waals surface area contributed by atoms with Gasteiger partial charge >= 0.3 is 0 Å². The predicted molar refractivity (Wildman–Crippen MR) is 85.2 cm³/mol. The second-order valence-corrected chi connectivity index (χ2v) is 5.92. The van der Waals surface area contributed by atoms with Crippen LogP contribution in [0.5, 0.6) is 0 Å². The standard InChI is InChI=1S/C15H29N5/c1-5-8-20-15(14(16)12(3)17-20)19-10-7-9-18(4)11-13(19)6-2/h13H,5-11,16H2,1-4H3. The number of nitrogen functional groups attached to an aromatic ring is 1. The summed E-state index contributed by atoms with van der Waals surface area (Å²) < 4.78 is 2.11. The third-order valence-electron chi connectivity index (χ3n) is 4.23. The molecule has 0 saturated carbocycles. The maximum atomic E-state index is 6.33. The van der Waals surface area contributed by atoms with Crippen LogP contribution in [0.2, 0.25) is 0 Å². The summed E-state index contributed by atoms with van der Waals surface area (Å²) in [4.78, 5) is 4.92. The number of nitrogens with zero attached hydrogens (tertiary/aromatic N) is 4. The minimum absolute atomic E-state index is 0.525. The highest BCUT2D eigenvalue weighted by Gasteiger charge is 2.27. The average Bonchev–Trinajstić information content (AvgIpc) is 2.60. The van der Waals surface area contributed by atoms with E-state index in [1.165, 1.54) is 6.42 Å². The van der Waals surface area contributed by atoms with Gasteiger partial charge in [-0.25, -0.2) is 4.68 Å². The van der Waals surface area contributed by atoms with E-state index in [1.807, 2.05) is 6.92 Å². The molecule has 1 aromatic heterocycles. The fraction of sp³-hybridized carbons (Fsp3) is 0.800. The second kappa shape index (κ2) is 6.48. The van der Waals surface area contributed by atoms with Gasteiger partial charge in [-0.1, -0.05) is 13.8 Å². The summed E-state index contributed by atoms with van der Waals surface area (Å²) in [6.45, 7) is 10.7. The molecule has 0 radical (unpaired) electrons. The molecule has 0 amide bonds. The fourth-order valence-electron chi connectivity index (χ4n) is 3.13. The molecule has 0 bridgehead atoms. The molecule has 0 aromatic carbocycles. The van der Waals surface area contributed by atoms with E-state index in [1.54, 1.807) is 0 Å². The molecule has 1 aliphatic heterocycles. The molecular weight excluding hydrogens is 250 g/mol. The van der Waals surface area contributed by atoms with Crippen molar-refractivity contribution in [2.45, 2.75) is 52.6 Å². The molecule has 5 nitrogen and oxygen atoms in total. The Morgan fingerprint density at radius 1 is 1.30 bits per heavy atom. The van der Waals surface area contributed by atoms with Gasteiger partial charge in [0.1, 0.15) is 0 Å². The molecule has 5 heteroatoms. The highest BCUT2D eigenvalue weighted by molar-refractivity contribution is 5.66. The fourth-order valence-corrected chi connectivity index (χ4v) is 3.13. The van der Waals surface area contributed by atoms with E-state index < -0.39 is 0 Å². The highest BCUT2D eigenvalue weighted by atomic mass is 15.4. The van der Waals surface area contributed by atoms with Crippen LogP contribution in [0.25, 0.3) is 0 Å². The zero-order valence-electron chi connectivity index (χ0n) is 13.4. The van der Waals surface area contributed by atoms with Crippen LogP contribution in [0.4, 0.5) is 11.5 Å². The lowest BCUT2D eigenvalue weighted by Crippen LogP contribution is -2.41. The summed E-state index contributed by atoms with van der Waals surface area (Å²) in [5, 5.41) is 4.63. The summed E-state index contributed by atoms with van der Waals surface area (Å²) in [5.41, 5.74) is 8.15. The van der Waals surface area contributed by atoms with Gasteiger partial charge in [-0.15, -0.1) is 0 Å². The smallest absolute Gasteiger partial charge is 0.150 e. The van der Waals surface area contributed by atoms with Gasteiger partial charge in [0.15, 0.2) is 5.82 Å². The molecule has 1 aromatic rings. The maximum absolute atomic E-state index is 6.33. The first-order chi connectivity index (χ1) is 9.58. The lowest BCUT2D eigenvalue weighted by Gasteiger charge is -2.32. The van der Waals surface area contributed by atoms with Crippen molar-refractivity contribution in [2.75, 3.05) is 37.3 Å². The predicted octanol–water partition coefficient (Wildman–Crippen LogP) is 2.10. The van der Waals surface area contributed by atoms with Crippen LogP contribution in [0, 0.1) is 6.92 Å². The van der Waals surface area contributed by atoms with E-state index in [2.05, 4.69) is 40.5 Å². The van der Waals surface area contributed by atoms with Gasteiger partial charge in [-0.2, -0.15) is 5.10 Å². The van der Waals surface area contributed by atoms with Gasteiger partial charge in [0.25, 0.3) is 0 Å². The van der Waals surface area contributed by atoms with Crippen molar-refractivity contribution in [3.05, 3.63) is 5.69 Å². The van der Waals surface area contributed by atoms with E-state index in [0.717, 1.165) is 56.2 Å². The number of likely N-dealkylation sites (N-methyl/N-ethyl adjacent to an activating group) is 1. The Labute approximate surface area is 122 Å². The molecule has 20 heavy (non-hydrogen) atoms. The van der Waals surface area contributed by atoms with Gasteiger partial charge < -0.3 is 15.5 Å².